The summed E-state index contributed by atoms with van der Waals surface area (Å²) in [5.41, 5.74) is 3.47. The lowest BCUT2D eigenvalue weighted by molar-refractivity contribution is -0.269. The van der Waals surface area contributed by atoms with Gasteiger partial charge in [0.05, 0.1) is 5.70 Å². The largest absolute Gasteiger partial charge is 0.428 e. The van der Waals surface area contributed by atoms with Crippen molar-refractivity contribution in [3.8, 4) is 0 Å². The molecule has 0 saturated heterocycles. The Balaban J connectivity index is 2.03. The van der Waals surface area contributed by atoms with Gasteiger partial charge in [0.25, 0.3) is 5.91 Å². The molecule has 1 aliphatic heterocycles. The van der Waals surface area contributed by atoms with Crippen LogP contribution in [0.3, 0.4) is 0 Å². The summed E-state index contributed by atoms with van der Waals surface area (Å²) in [5.74, 6) is -0.327. The van der Waals surface area contributed by atoms with E-state index < -0.39 is 11.8 Å². The fraction of sp³-hybridized carbons (Fsp3) is 0.250. The first-order valence-electron chi connectivity index (χ1n) is 8.72. The minimum atomic E-state index is -4.80. The second-order valence-electron chi connectivity index (χ2n) is 7.02. The molecule has 0 radical (unpaired) electrons. The van der Waals surface area contributed by atoms with Crippen LogP contribution in [0.4, 0.5) is 13.2 Å². The zero-order valence-corrected chi connectivity index (χ0v) is 17.7. The average Bonchev–Trinajstić information content (AvgIpc) is 3.06. The van der Waals surface area contributed by atoms with Crippen molar-refractivity contribution in [2.75, 3.05) is 14.1 Å². The molecule has 0 bridgehead atoms. The summed E-state index contributed by atoms with van der Waals surface area (Å²) in [6.45, 7) is 1.69. The number of hydrogen-bond donors (Lipinski definition) is 2. The molecule has 1 unspecified atom stereocenters. The fourth-order valence-corrected chi connectivity index (χ4v) is 3.63. The quantitative estimate of drug-likeness (QED) is 0.642. The topological polar surface area (TPSA) is 53.6 Å². The Labute approximate surface area is 181 Å². The minimum Gasteiger partial charge on any atom is -0.285 e. The van der Waals surface area contributed by atoms with Crippen LogP contribution in [0.2, 0.25) is 10.0 Å². The maximum Gasteiger partial charge on any atom is 0.428 e. The highest BCUT2D eigenvalue weighted by atomic mass is 35.5. The first-order valence-corrected chi connectivity index (χ1v) is 9.48. The number of carbonyl (C=O) groups excluding carboxylic acids is 1. The van der Waals surface area contributed by atoms with Gasteiger partial charge in [-0.15, -0.1) is 0 Å². The standard InChI is InChI=1S/C20H18Cl2F3N3O2/c1-11-6-12(4-5-16(11)18(29)26-28(2)3)17-10-19(30-27-17,20(23,24)25)13-7-14(21)9-15(22)8-13/h4-10,27H,1-3H3,(H,26,29). The second-order valence-corrected chi connectivity index (χ2v) is 7.89. The number of nitrogens with one attached hydrogen (secondary N) is 2. The third-order valence-corrected chi connectivity index (χ3v) is 4.93. The zero-order chi connectivity index (χ0) is 22.3. The summed E-state index contributed by atoms with van der Waals surface area (Å²) in [6, 6.07) is 8.33. The van der Waals surface area contributed by atoms with Gasteiger partial charge in [-0.2, -0.15) is 13.2 Å². The summed E-state index contributed by atoms with van der Waals surface area (Å²) in [5, 5.41) is 1.61. The number of halogens is 5. The number of hydrogen-bond acceptors (Lipinski definition) is 4. The molecule has 5 nitrogen and oxygen atoms in total. The molecule has 0 fully saturated rings. The Morgan fingerprint density at radius 2 is 1.77 bits per heavy atom. The molecule has 1 atom stereocenters. The van der Waals surface area contributed by atoms with Crippen molar-refractivity contribution in [2.45, 2.75) is 18.7 Å². The van der Waals surface area contributed by atoms with Crippen LogP contribution in [0.15, 0.2) is 42.5 Å². The number of hydroxylamine groups is 1. The van der Waals surface area contributed by atoms with E-state index in [1.165, 1.54) is 23.2 Å². The van der Waals surface area contributed by atoms with Crippen molar-refractivity contribution < 1.29 is 22.8 Å². The second kappa shape index (κ2) is 8.11. The number of hydrazine groups is 1. The van der Waals surface area contributed by atoms with Crippen molar-refractivity contribution in [1.82, 2.24) is 15.9 Å². The Kier molecular flexibility index (Phi) is 6.06. The van der Waals surface area contributed by atoms with E-state index in [1.54, 1.807) is 27.1 Å². The lowest BCUT2D eigenvalue weighted by Crippen LogP contribution is -2.42. The summed E-state index contributed by atoms with van der Waals surface area (Å²) in [7, 11) is 3.34. The third-order valence-electron chi connectivity index (χ3n) is 4.49. The molecule has 10 heteroatoms. The van der Waals surface area contributed by atoms with Gasteiger partial charge in [-0.1, -0.05) is 29.3 Å². The molecule has 30 heavy (non-hydrogen) atoms. The Morgan fingerprint density at radius 3 is 2.30 bits per heavy atom. The third kappa shape index (κ3) is 4.27. The molecule has 0 aromatic heterocycles. The number of aryl methyl sites for hydroxylation is 1. The lowest BCUT2D eigenvalue weighted by Gasteiger charge is -2.28. The molecule has 2 aromatic carbocycles. The van der Waals surface area contributed by atoms with E-state index >= 15 is 0 Å². The lowest BCUT2D eigenvalue weighted by atomic mass is 9.91. The van der Waals surface area contributed by atoms with E-state index in [9.17, 15) is 18.0 Å². The molecular formula is C20H18Cl2F3N3O2. The van der Waals surface area contributed by atoms with Gasteiger partial charge >= 0.3 is 6.18 Å². The van der Waals surface area contributed by atoms with E-state index in [0.717, 1.165) is 18.2 Å². The normalized spacial score (nSPS) is 18.9. The van der Waals surface area contributed by atoms with Gasteiger partial charge in [0.2, 0.25) is 5.60 Å². The maximum atomic E-state index is 14.1. The number of alkyl halides is 3. The summed E-state index contributed by atoms with van der Waals surface area (Å²) in [4.78, 5) is 17.3. The van der Waals surface area contributed by atoms with E-state index in [4.69, 9.17) is 28.0 Å². The zero-order valence-electron chi connectivity index (χ0n) is 16.2. The monoisotopic (exact) mass is 459 g/mol. The van der Waals surface area contributed by atoms with Crippen LogP contribution in [0.1, 0.15) is 27.0 Å². The van der Waals surface area contributed by atoms with E-state index in [2.05, 4.69) is 10.9 Å². The Hall–Kier alpha value is -2.26. The number of amides is 1. The summed E-state index contributed by atoms with van der Waals surface area (Å²) >= 11 is 11.8. The molecule has 3 rings (SSSR count). The van der Waals surface area contributed by atoms with Gasteiger partial charge in [-0.25, -0.2) is 5.01 Å². The first-order chi connectivity index (χ1) is 13.9. The molecule has 0 aliphatic carbocycles. The molecule has 1 aliphatic rings. The van der Waals surface area contributed by atoms with Gasteiger partial charge in [-0.3, -0.25) is 20.5 Å². The highest BCUT2D eigenvalue weighted by molar-refractivity contribution is 6.34. The predicted molar refractivity (Wildman–Crippen MR) is 109 cm³/mol. The SMILES string of the molecule is Cc1cc(C2=CC(c3cc(Cl)cc(Cl)c3)(C(F)(F)F)ON2)ccc1C(=O)NN(C)C. The average molecular weight is 460 g/mol. The molecule has 2 aromatic rings. The van der Waals surface area contributed by atoms with Crippen LogP contribution in [0.25, 0.3) is 5.70 Å². The highest BCUT2D eigenvalue weighted by Gasteiger charge is 2.59. The van der Waals surface area contributed by atoms with Crippen molar-refractivity contribution in [3.63, 3.8) is 0 Å². The number of benzene rings is 2. The molecule has 1 heterocycles. The van der Waals surface area contributed by atoms with Crippen LogP contribution >= 0.6 is 23.2 Å². The Morgan fingerprint density at radius 1 is 1.13 bits per heavy atom. The molecule has 0 spiro atoms. The van der Waals surface area contributed by atoms with E-state index in [1.807, 2.05) is 0 Å². The van der Waals surface area contributed by atoms with Gasteiger partial charge < -0.3 is 0 Å². The maximum absolute atomic E-state index is 14.1. The molecule has 2 N–H and O–H groups in total. The fourth-order valence-electron chi connectivity index (χ4n) is 3.10. The minimum absolute atomic E-state index is 0.0543. The van der Waals surface area contributed by atoms with E-state index in [-0.39, 0.29) is 27.2 Å². The molecule has 0 saturated carbocycles. The molecule has 1 amide bonds. The number of carbonyl (C=O) groups is 1. The van der Waals surface area contributed by atoms with Crippen molar-refractivity contribution in [2.24, 2.45) is 0 Å². The predicted octanol–water partition coefficient (Wildman–Crippen LogP) is 4.84. The Bertz CT molecular complexity index is 1000. The molecule has 160 valence electrons. The van der Waals surface area contributed by atoms with Crippen LogP contribution in [0.5, 0.6) is 0 Å². The molecular weight excluding hydrogens is 442 g/mol. The number of rotatable bonds is 4. The van der Waals surface area contributed by atoms with Gasteiger partial charge in [0.15, 0.2) is 0 Å². The van der Waals surface area contributed by atoms with Crippen LogP contribution in [-0.4, -0.2) is 31.2 Å². The van der Waals surface area contributed by atoms with Crippen molar-refractivity contribution >= 4 is 34.8 Å². The smallest absolute Gasteiger partial charge is 0.285 e. The van der Waals surface area contributed by atoms with E-state index in [0.29, 0.717) is 16.7 Å². The number of nitrogens with zero attached hydrogens (tertiary/aromatic N) is 1. The summed E-state index contributed by atoms with van der Waals surface area (Å²) in [6.07, 6.45) is -3.86. The highest BCUT2D eigenvalue weighted by Crippen LogP contribution is 2.48. The van der Waals surface area contributed by atoms with Crippen LogP contribution < -0.4 is 10.9 Å². The van der Waals surface area contributed by atoms with Gasteiger partial charge in [0, 0.05) is 35.3 Å². The van der Waals surface area contributed by atoms with Gasteiger partial charge in [-0.05, 0) is 54.5 Å². The van der Waals surface area contributed by atoms with Crippen molar-refractivity contribution in [1.29, 1.82) is 0 Å². The van der Waals surface area contributed by atoms with Crippen LogP contribution in [0, 0.1) is 6.92 Å². The summed E-state index contributed by atoms with van der Waals surface area (Å²) < 4.78 is 42.2. The van der Waals surface area contributed by atoms with Crippen LogP contribution in [-0.2, 0) is 10.4 Å². The van der Waals surface area contributed by atoms with Gasteiger partial charge in [0.1, 0.15) is 0 Å². The first kappa shape index (κ1) is 22.4. The van der Waals surface area contributed by atoms with Crippen molar-refractivity contribution in [3.05, 3.63) is 74.8 Å².